The van der Waals surface area contributed by atoms with Gasteiger partial charge >= 0.3 is 0 Å². The third-order valence-corrected chi connectivity index (χ3v) is 3.86. The molecule has 3 heteroatoms. The summed E-state index contributed by atoms with van der Waals surface area (Å²) in [6, 6.07) is 13.8. The molecule has 0 saturated heterocycles. The summed E-state index contributed by atoms with van der Waals surface area (Å²) in [6.07, 6.45) is 0. The number of rotatable bonds is 5. The van der Waals surface area contributed by atoms with E-state index in [1.54, 1.807) is 13.0 Å². The highest BCUT2D eigenvalue weighted by Crippen LogP contribution is 2.25. The highest BCUT2D eigenvalue weighted by Gasteiger charge is 2.09. The maximum Gasteiger partial charge on any atom is 0.163 e. The number of Topliss-reactive ketones (excluding diaryl/α,β-unsaturated/α-hetero) is 1. The average Bonchev–Trinajstić information content (AvgIpc) is 2.45. The first kappa shape index (κ1) is 15.8. The van der Waals surface area contributed by atoms with Crippen molar-refractivity contribution in [2.45, 2.75) is 33.3 Å². The molecule has 2 rings (SSSR count). The van der Waals surface area contributed by atoms with Crippen molar-refractivity contribution in [1.29, 1.82) is 0 Å². The standard InChI is InChI=1S/C18H19BrO2/c1-12(2)15-6-4-14(5-7-15)11-21-18-10-16(19)8-9-17(18)13(3)20/h4-10,12H,11H2,1-3H3. The second kappa shape index (κ2) is 6.90. The Hall–Kier alpha value is -1.61. The Labute approximate surface area is 134 Å². The van der Waals surface area contributed by atoms with Crippen LogP contribution in [-0.2, 0) is 6.61 Å². The van der Waals surface area contributed by atoms with Crippen molar-refractivity contribution in [3.63, 3.8) is 0 Å². The van der Waals surface area contributed by atoms with Crippen LogP contribution in [0.25, 0.3) is 0 Å². The fraction of sp³-hybridized carbons (Fsp3) is 0.278. The molecule has 0 N–H and O–H groups in total. The zero-order chi connectivity index (χ0) is 15.4. The van der Waals surface area contributed by atoms with Crippen molar-refractivity contribution in [3.8, 4) is 5.75 Å². The van der Waals surface area contributed by atoms with Crippen LogP contribution in [0.4, 0.5) is 0 Å². The number of benzene rings is 2. The van der Waals surface area contributed by atoms with Crippen LogP contribution in [0, 0.1) is 0 Å². The van der Waals surface area contributed by atoms with E-state index in [2.05, 4.69) is 54.0 Å². The van der Waals surface area contributed by atoms with Crippen molar-refractivity contribution in [1.82, 2.24) is 0 Å². The molecule has 0 aliphatic rings. The fourth-order valence-corrected chi connectivity index (χ4v) is 2.41. The van der Waals surface area contributed by atoms with Crippen LogP contribution in [0.5, 0.6) is 5.75 Å². The van der Waals surface area contributed by atoms with E-state index in [1.165, 1.54) is 5.56 Å². The van der Waals surface area contributed by atoms with E-state index in [0.29, 0.717) is 23.8 Å². The average molecular weight is 347 g/mol. The van der Waals surface area contributed by atoms with Gasteiger partial charge in [0.25, 0.3) is 0 Å². The Bertz CT molecular complexity index is 630. The van der Waals surface area contributed by atoms with E-state index in [9.17, 15) is 4.79 Å². The number of halogens is 1. The third-order valence-electron chi connectivity index (χ3n) is 3.36. The van der Waals surface area contributed by atoms with Gasteiger partial charge in [-0.05, 0) is 42.2 Å². The van der Waals surface area contributed by atoms with Gasteiger partial charge in [-0.1, -0.05) is 54.0 Å². The van der Waals surface area contributed by atoms with Crippen LogP contribution in [-0.4, -0.2) is 5.78 Å². The number of hydrogen-bond donors (Lipinski definition) is 0. The summed E-state index contributed by atoms with van der Waals surface area (Å²) in [5, 5.41) is 0. The minimum atomic E-state index is 0.00709. The van der Waals surface area contributed by atoms with E-state index in [4.69, 9.17) is 4.74 Å². The molecule has 0 bridgehead atoms. The van der Waals surface area contributed by atoms with Gasteiger partial charge in [0.2, 0.25) is 0 Å². The van der Waals surface area contributed by atoms with Gasteiger partial charge in [-0.2, -0.15) is 0 Å². The summed E-state index contributed by atoms with van der Waals surface area (Å²) in [5.74, 6) is 1.15. The summed E-state index contributed by atoms with van der Waals surface area (Å²) in [5.41, 5.74) is 3.01. The van der Waals surface area contributed by atoms with Gasteiger partial charge in [0.15, 0.2) is 5.78 Å². The maximum absolute atomic E-state index is 11.6. The molecule has 2 aromatic rings. The lowest BCUT2D eigenvalue weighted by Crippen LogP contribution is -2.02. The minimum Gasteiger partial charge on any atom is -0.488 e. The summed E-state index contributed by atoms with van der Waals surface area (Å²) in [6.45, 7) is 6.35. The molecule has 0 heterocycles. The number of ketones is 1. The molecular weight excluding hydrogens is 328 g/mol. The van der Waals surface area contributed by atoms with Crippen LogP contribution in [0.15, 0.2) is 46.9 Å². The third kappa shape index (κ3) is 4.18. The van der Waals surface area contributed by atoms with Gasteiger partial charge in [0, 0.05) is 4.47 Å². The van der Waals surface area contributed by atoms with Gasteiger partial charge in [0.05, 0.1) is 5.56 Å². The van der Waals surface area contributed by atoms with Crippen LogP contribution in [0.3, 0.4) is 0 Å². The quantitative estimate of drug-likeness (QED) is 0.681. The molecule has 0 saturated carbocycles. The molecule has 0 amide bonds. The lowest BCUT2D eigenvalue weighted by atomic mass is 10.0. The van der Waals surface area contributed by atoms with Crippen LogP contribution in [0.1, 0.15) is 48.2 Å². The van der Waals surface area contributed by atoms with E-state index < -0.39 is 0 Å². The van der Waals surface area contributed by atoms with Crippen LogP contribution < -0.4 is 4.74 Å². The van der Waals surface area contributed by atoms with Crippen molar-refractivity contribution in [3.05, 3.63) is 63.6 Å². The molecule has 0 atom stereocenters. The number of ether oxygens (including phenoxy) is 1. The lowest BCUT2D eigenvalue weighted by molar-refractivity contribution is 0.101. The second-order valence-electron chi connectivity index (χ2n) is 5.38. The van der Waals surface area contributed by atoms with Crippen LogP contribution >= 0.6 is 15.9 Å². The first-order valence-electron chi connectivity index (χ1n) is 6.99. The molecule has 2 aromatic carbocycles. The van der Waals surface area contributed by atoms with E-state index in [0.717, 1.165) is 10.0 Å². The number of hydrogen-bond acceptors (Lipinski definition) is 2. The van der Waals surface area contributed by atoms with Crippen molar-refractivity contribution < 1.29 is 9.53 Å². The molecule has 0 aromatic heterocycles. The molecule has 0 unspecified atom stereocenters. The van der Waals surface area contributed by atoms with Crippen LogP contribution in [0.2, 0.25) is 0 Å². The molecule has 0 aliphatic heterocycles. The summed E-state index contributed by atoms with van der Waals surface area (Å²) in [4.78, 5) is 11.6. The molecule has 2 nitrogen and oxygen atoms in total. The minimum absolute atomic E-state index is 0.00709. The Kier molecular flexibility index (Phi) is 5.18. The first-order chi connectivity index (χ1) is 9.97. The molecule has 0 fully saturated rings. The van der Waals surface area contributed by atoms with E-state index in [-0.39, 0.29) is 5.78 Å². The summed E-state index contributed by atoms with van der Waals surface area (Å²) in [7, 11) is 0. The molecule has 110 valence electrons. The van der Waals surface area contributed by atoms with E-state index in [1.807, 2.05) is 12.1 Å². The Morgan fingerprint density at radius 2 is 1.81 bits per heavy atom. The first-order valence-corrected chi connectivity index (χ1v) is 7.79. The van der Waals surface area contributed by atoms with E-state index >= 15 is 0 Å². The molecule has 21 heavy (non-hydrogen) atoms. The highest BCUT2D eigenvalue weighted by atomic mass is 79.9. The van der Waals surface area contributed by atoms with Gasteiger partial charge in [-0.3, -0.25) is 4.79 Å². The molecule has 0 radical (unpaired) electrons. The monoisotopic (exact) mass is 346 g/mol. The predicted molar refractivity (Wildman–Crippen MR) is 89.0 cm³/mol. The van der Waals surface area contributed by atoms with Crippen molar-refractivity contribution >= 4 is 21.7 Å². The van der Waals surface area contributed by atoms with Gasteiger partial charge in [-0.15, -0.1) is 0 Å². The predicted octanol–water partition coefficient (Wildman–Crippen LogP) is 5.35. The zero-order valence-corrected chi connectivity index (χ0v) is 14.1. The maximum atomic E-state index is 11.6. The molecule has 0 spiro atoms. The zero-order valence-electron chi connectivity index (χ0n) is 12.5. The Morgan fingerprint density at radius 1 is 1.14 bits per heavy atom. The SMILES string of the molecule is CC(=O)c1ccc(Br)cc1OCc1ccc(C(C)C)cc1. The lowest BCUT2D eigenvalue weighted by Gasteiger charge is -2.11. The summed E-state index contributed by atoms with van der Waals surface area (Å²) < 4.78 is 6.72. The smallest absolute Gasteiger partial charge is 0.163 e. The van der Waals surface area contributed by atoms with Gasteiger partial charge in [0.1, 0.15) is 12.4 Å². The Balaban J connectivity index is 2.12. The topological polar surface area (TPSA) is 26.3 Å². The fourth-order valence-electron chi connectivity index (χ4n) is 2.07. The highest BCUT2D eigenvalue weighted by molar-refractivity contribution is 9.10. The van der Waals surface area contributed by atoms with Crippen molar-refractivity contribution in [2.75, 3.05) is 0 Å². The summed E-state index contributed by atoms with van der Waals surface area (Å²) >= 11 is 3.41. The number of carbonyl (C=O) groups excluding carboxylic acids is 1. The van der Waals surface area contributed by atoms with Gasteiger partial charge < -0.3 is 4.74 Å². The molecular formula is C18H19BrO2. The van der Waals surface area contributed by atoms with Gasteiger partial charge in [-0.25, -0.2) is 0 Å². The second-order valence-corrected chi connectivity index (χ2v) is 6.30. The Morgan fingerprint density at radius 3 is 2.38 bits per heavy atom. The normalized spacial score (nSPS) is 10.7. The largest absolute Gasteiger partial charge is 0.488 e. The molecule has 0 aliphatic carbocycles. The number of carbonyl (C=O) groups is 1. The van der Waals surface area contributed by atoms with Crippen molar-refractivity contribution in [2.24, 2.45) is 0 Å².